The summed E-state index contributed by atoms with van der Waals surface area (Å²) in [7, 11) is 3.73. The molecule has 1 aliphatic rings. The summed E-state index contributed by atoms with van der Waals surface area (Å²) >= 11 is 0. The number of carbonyl (C=O) groups is 1. The Morgan fingerprint density at radius 3 is 2.96 bits per heavy atom. The van der Waals surface area contributed by atoms with Gasteiger partial charge in [0.05, 0.1) is 12.2 Å². The molecule has 0 bridgehead atoms. The summed E-state index contributed by atoms with van der Waals surface area (Å²) in [5.74, 6) is 1.82. The molecule has 2 aromatic rings. The summed E-state index contributed by atoms with van der Waals surface area (Å²) in [4.78, 5) is 22.2. The highest BCUT2D eigenvalue weighted by molar-refractivity contribution is 5.91. The second-order valence-corrected chi connectivity index (χ2v) is 5.41. The summed E-state index contributed by atoms with van der Waals surface area (Å²) in [6.45, 7) is 0.574. The van der Waals surface area contributed by atoms with Gasteiger partial charge in [0.15, 0.2) is 11.5 Å². The predicted molar refractivity (Wildman–Crippen MR) is 89.8 cm³/mol. The lowest BCUT2D eigenvalue weighted by Gasteiger charge is -2.10. The van der Waals surface area contributed by atoms with Crippen molar-refractivity contribution < 1.29 is 14.3 Å². The number of aromatic nitrogens is 2. The molecule has 1 aromatic carbocycles. The molecule has 1 aromatic heterocycles. The van der Waals surface area contributed by atoms with Crippen molar-refractivity contribution in [3.63, 3.8) is 0 Å². The Hall–Kier alpha value is -3.09. The minimum atomic E-state index is -0.197. The molecular formula is C17H18N4O3. The van der Waals surface area contributed by atoms with E-state index in [2.05, 4.69) is 15.3 Å². The van der Waals surface area contributed by atoms with Crippen molar-refractivity contribution >= 4 is 17.9 Å². The summed E-state index contributed by atoms with van der Waals surface area (Å²) in [5.41, 5.74) is 1.62. The molecule has 0 fully saturated rings. The second kappa shape index (κ2) is 6.99. The Morgan fingerprint density at radius 2 is 2.12 bits per heavy atom. The van der Waals surface area contributed by atoms with Crippen LogP contribution >= 0.6 is 0 Å². The first-order valence-corrected chi connectivity index (χ1v) is 7.46. The van der Waals surface area contributed by atoms with Crippen molar-refractivity contribution in [1.82, 2.24) is 15.3 Å². The molecule has 1 N–H and O–H groups in total. The van der Waals surface area contributed by atoms with Crippen LogP contribution in [-0.2, 0) is 11.3 Å². The van der Waals surface area contributed by atoms with Crippen molar-refractivity contribution in [1.29, 1.82) is 0 Å². The van der Waals surface area contributed by atoms with Gasteiger partial charge in [-0.1, -0.05) is 6.07 Å². The minimum Gasteiger partial charge on any atom is -0.454 e. The summed E-state index contributed by atoms with van der Waals surface area (Å²) in [6, 6.07) is 7.30. The van der Waals surface area contributed by atoms with E-state index < -0.39 is 0 Å². The molecule has 24 heavy (non-hydrogen) atoms. The smallest absolute Gasteiger partial charge is 0.244 e. The summed E-state index contributed by atoms with van der Waals surface area (Å²) in [5, 5.41) is 2.80. The molecule has 7 heteroatoms. The average Bonchev–Trinajstić information content (AvgIpc) is 3.06. The van der Waals surface area contributed by atoms with E-state index in [1.807, 2.05) is 37.2 Å². The maximum absolute atomic E-state index is 11.9. The van der Waals surface area contributed by atoms with E-state index in [1.54, 1.807) is 18.3 Å². The Bertz CT molecular complexity index is 774. The molecule has 1 amide bonds. The van der Waals surface area contributed by atoms with Crippen LogP contribution in [0, 0.1) is 0 Å². The van der Waals surface area contributed by atoms with E-state index in [0.717, 1.165) is 17.0 Å². The highest BCUT2D eigenvalue weighted by Gasteiger charge is 2.12. The number of benzene rings is 1. The number of rotatable bonds is 5. The molecule has 0 aliphatic carbocycles. The van der Waals surface area contributed by atoms with Crippen LogP contribution < -0.4 is 19.7 Å². The Morgan fingerprint density at radius 1 is 1.29 bits per heavy atom. The zero-order valence-electron chi connectivity index (χ0n) is 13.5. The Labute approximate surface area is 139 Å². The maximum Gasteiger partial charge on any atom is 0.244 e. The van der Waals surface area contributed by atoms with Gasteiger partial charge in [0.2, 0.25) is 18.6 Å². The standard InChI is InChI=1S/C17H18N4O3/c1-21(2)17-18-8-7-13(20-17)10-19-16(22)6-4-12-3-5-14-15(9-12)24-11-23-14/h3-9H,10-11H2,1-2H3,(H,19,22)/b6-4+. The molecule has 7 nitrogen and oxygen atoms in total. The molecule has 0 atom stereocenters. The first-order valence-electron chi connectivity index (χ1n) is 7.46. The van der Waals surface area contributed by atoms with E-state index in [0.29, 0.717) is 18.2 Å². The fourth-order valence-electron chi connectivity index (χ4n) is 2.12. The molecule has 0 spiro atoms. The van der Waals surface area contributed by atoms with E-state index in [9.17, 15) is 4.79 Å². The monoisotopic (exact) mass is 326 g/mol. The topological polar surface area (TPSA) is 76.6 Å². The summed E-state index contributed by atoms with van der Waals surface area (Å²) < 4.78 is 10.6. The van der Waals surface area contributed by atoms with Gasteiger partial charge in [-0.05, 0) is 29.8 Å². The lowest BCUT2D eigenvalue weighted by molar-refractivity contribution is -0.116. The van der Waals surface area contributed by atoms with Crippen LogP contribution in [-0.4, -0.2) is 36.8 Å². The number of hydrogen-bond donors (Lipinski definition) is 1. The molecule has 0 radical (unpaired) electrons. The number of hydrogen-bond acceptors (Lipinski definition) is 6. The van der Waals surface area contributed by atoms with Gasteiger partial charge < -0.3 is 19.7 Å². The zero-order chi connectivity index (χ0) is 16.9. The van der Waals surface area contributed by atoms with Crippen LogP contribution in [0.25, 0.3) is 6.08 Å². The number of fused-ring (bicyclic) bond motifs is 1. The average molecular weight is 326 g/mol. The van der Waals surface area contributed by atoms with Gasteiger partial charge in [0.25, 0.3) is 0 Å². The quantitative estimate of drug-likeness (QED) is 0.841. The van der Waals surface area contributed by atoms with Crippen LogP contribution in [0.15, 0.2) is 36.5 Å². The van der Waals surface area contributed by atoms with E-state index in [-0.39, 0.29) is 12.7 Å². The van der Waals surface area contributed by atoms with Crippen molar-refractivity contribution in [2.75, 3.05) is 25.8 Å². The highest BCUT2D eigenvalue weighted by atomic mass is 16.7. The van der Waals surface area contributed by atoms with E-state index in [1.165, 1.54) is 6.08 Å². The highest BCUT2D eigenvalue weighted by Crippen LogP contribution is 2.32. The third-order valence-electron chi connectivity index (χ3n) is 3.37. The van der Waals surface area contributed by atoms with Crippen LogP contribution in [0.3, 0.4) is 0 Å². The number of ether oxygens (including phenoxy) is 2. The van der Waals surface area contributed by atoms with E-state index >= 15 is 0 Å². The van der Waals surface area contributed by atoms with Crippen molar-refractivity contribution in [2.24, 2.45) is 0 Å². The van der Waals surface area contributed by atoms with Gasteiger partial charge in [-0.25, -0.2) is 9.97 Å². The van der Waals surface area contributed by atoms with Crippen molar-refractivity contribution in [3.8, 4) is 11.5 Å². The third-order valence-corrected chi connectivity index (χ3v) is 3.37. The number of nitrogens with zero attached hydrogens (tertiary/aromatic N) is 3. The molecule has 3 rings (SSSR count). The van der Waals surface area contributed by atoms with Crippen LogP contribution in [0.1, 0.15) is 11.3 Å². The maximum atomic E-state index is 11.9. The Kier molecular flexibility index (Phi) is 4.60. The number of amides is 1. The lowest BCUT2D eigenvalue weighted by atomic mass is 10.2. The third kappa shape index (κ3) is 3.81. The van der Waals surface area contributed by atoms with Gasteiger partial charge in [-0.3, -0.25) is 4.79 Å². The molecule has 0 saturated carbocycles. The first-order chi connectivity index (χ1) is 11.6. The van der Waals surface area contributed by atoms with Gasteiger partial charge in [0.1, 0.15) is 0 Å². The normalized spacial score (nSPS) is 12.4. The Balaban J connectivity index is 1.56. The van der Waals surface area contributed by atoms with Gasteiger partial charge in [-0.2, -0.15) is 0 Å². The van der Waals surface area contributed by atoms with Gasteiger partial charge in [-0.15, -0.1) is 0 Å². The fourth-order valence-corrected chi connectivity index (χ4v) is 2.12. The largest absolute Gasteiger partial charge is 0.454 e. The van der Waals surface area contributed by atoms with Crippen LogP contribution in [0.2, 0.25) is 0 Å². The van der Waals surface area contributed by atoms with Crippen molar-refractivity contribution in [3.05, 3.63) is 47.8 Å². The van der Waals surface area contributed by atoms with Crippen LogP contribution in [0.5, 0.6) is 11.5 Å². The number of anilines is 1. The number of nitrogens with one attached hydrogen (secondary N) is 1. The van der Waals surface area contributed by atoms with Crippen LogP contribution in [0.4, 0.5) is 5.95 Å². The molecular weight excluding hydrogens is 308 g/mol. The second-order valence-electron chi connectivity index (χ2n) is 5.41. The lowest BCUT2D eigenvalue weighted by Crippen LogP contribution is -2.22. The molecule has 1 aliphatic heterocycles. The number of carbonyl (C=O) groups excluding carboxylic acids is 1. The minimum absolute atomic E-state index is 0.197. The zero-order valence-corrected chi connectivity index (χ0v) is 13.5. The van der Waals surface area contributed by atoms with Gasteiger partial charge >= 0.3 is 0 Å². The molecule has 0 saturated heterocycles. The predicted octanol–water partition coefficient (Wildman–Crippen LogP) is 1.60. The van der Waals surface area contributed by atoms with Crippen molar-refractivity contribution in [2.45, 2.75) is 6.54 Å². The van der Waals surface area contributed by atoms with Gasteiger partial charge in [0, 0.05) is 26.4 Å². The SMILES string of the molecule is CN(C)c1nccc(CNC(=O)/C=C/c2ccc3c(c2)OCO3)n1. The molecule has 2 heterocycles. The molecule has 0 unspecified atom stereocenters. The first kappa shape index (κ1) is 15.8. The molecule has 124 valence electrons. The van der Waals surface area contributed by atoms with E-state index in [4.69, 9.17) is 9.47 Å². The fraction of sp³-hybridized carbons (Fsp3) is 0.235. The summed E-state index contributed by atoms with van der Waals surface area (Å²) in [6.07, 6.45) is 4.88.